The van der Waals surface area contributed by atoms with Crippen molar-refractivity contribution in [3.8, 4) is 0 Å². The Bertz CT molecular complexity index is 786. The first-order valence-electron chi connectivity index (χ1n) is 10.1. The van der Waals surface area contributed by atoms with E-state index in [1.165, 1.54) is 0 Å². The van der Waals surface area contributed by atoms with Gasteiger partial charge < -0.3 is 14.2 Å². The fourth-order valence-corrected chi connectivity index (χ4v) is 4.12. The second-order valence-corrected chi connectivity index (χ2v) is 8.21. The van der Waals surface area contributed by atoms with Gasteiger partial charge in [0, 0.05) is 43.7 Å². The van der Waals surface area contributed by atoms with Gasteiger partial charge in [0.05, 0.1) is 6.42 Å². The number of hydrogen-bond acceptors (Lipinski definition) is 5. The number of benzene rings is 1. The summed E-state index contributed by atoms with van der Waals surface area (Å²) < 4.78 is 10.8. The van der Waals surface area contributed by atoms with Gasteiger partial charge >= 0.3 is 0 Å². The van der Waals surface area contributed by atoms with Crippen LogP contribution in [-0.2, 0) is 22.4 Å². The summed E-state index contributed by atoms with van der Waals surface area (Å²) in [5.74, 6) is 2.56. The largest absolute Gasteiger partial charge is 0.381 e. The number of carbonyl (C=O) groups is 1. The Labute approximate surface area is 170 Å². The Morgan fingerprint density at radius 2 is 1.96 bits per heavy atom. The summed E-state index contributed by atoms with van der Waals surface area (Å²) in [6, 6.07) is 7.49. The van der Waals surface area contributed by atoms with Crippen molar-refractivity contribution in [3.05, 3.63) is 46.6 Å². The molecule has 4 rings (SSSR count). The second kappa shape index (κ2) is 9.05. The maximum atomic E-state index is 12.5. The number of carbonyl (C=O) groups excluding carboxylic acids is 1. The second-order valence-electron chi connectivity index (χ2n) is 7.77. The van der Waals surface area contributed by atoms with E-state index in [-0.39, 0.29) is 5.91 Å². The lowest BCUT2D eigenvalue weighted by atomic mass is 10.0. The number of nitrogens with zero attached hydrogens (tertiary/aromatic N) is 3. The topological polar surface area (TPSA) is 68.5 Å². The molecule has 0 radical (unpaired) electrons. The molecule has 150 valence electrons. The molecular weight excluding hydrogens is 378 g/mol. The number of rotatable bonds is 6. The summed E-state index contributed by atoms with van der Waals surface area (Å²) in [5, 5.41) is 4.84. The number of ether oxygens (including phenoxy) is 1. The van der Waals surface area contributed by atoms with Crippen LogP contribution < -0.4 is 0 Å². The van der Waals surface area contributed by atoms with Crippen molar-refractivity contribution < 1.29 is 14.1 Å². The van der Waals surface area contributed by atoms with E-state index in [2.05, 4.69) is 10.1 Å². The molecule has 0 bridgehead atoms. The van der Waals surface area contributed by atoms with Crippen molar-refractivity contribution in [2.24, 2.45) is 5.92 Å². The molecule has 1 atom stereocenters. The number of halogens is 1. The highest BCUT2D eigenvalue weighted by atomic mass is 35.5. The average Bonchev–Trinajstić information content (AvgIpc) is 3.38. The van der Waals surface area contributed by atoms with Crippen LogP contribution in [-0.4, -0.2) is 47.3 Å². The fourth-order valence-electron chi connectivity index (χ4n) is 4.00. The number of aryl methyl sites for hydroxylation is 1. The number of aromatic nitrogens is 2. The number of hydrogen-bond donors (Lipinski definition) is 0. The molecule has 1 aromatic carbocycles. The molecule has 0 N–H and O–H groups in total. The molecule has 6 nitrogen and oxygen atoms in total. The monoisotopic (exact) mass is 403 g/mol. The lowest BCUT2D eigenvalue weighted by Crippen LogP contribution is -2.30. The summed E-state index contributed by atoms with van der Waals surface area (Å²) >= 11 is 5.91. The van der Waals surface area contributed by atoms with Crippen molar-refractivity contribution in [2.45, 2.75) is 44.4 Å². The Hall–Kier alpha value is -1.92. The predicted octanol–water partition coefficient (Wildman–Crippen LogP) is 3.64. The minimum atomic E-state index is 0.186. The van der Waals surface area contributed by atoms with E-state index in [1.807, 2.05) is 29.2 Å². The maximum Gasteiger partial charge on any atom is 0.229 e. The SMILES string of the molecule is O=C(Cc1ccc(Cl)cc1)N1CCC(CCc2noc(C3CCOCC3)n2)C1. The maximum absolute atomic E-state index is 12.5. The van der Waals surface area contributed by atoms with E-state index in [0.717, 1.165) is 75.7 Å². The smallest absolute Gasteiger partial charge is 0.229 e. The van der Waals surface area contributed by atoms with Crippen LogP contribution in [0.1, 0.15) is 48.9 Å². The highest BCUT2D eigenvalue weighted by Crippen LogP contribution is 2.26. The van der Waals surface area contributed by atoms with Gasteiger partial charge in [-0.1, -0.05) is 28.9 Å². The molecule has 7 heteroatoms. The Kier molecular flexibility index (Phi) is 6.27. The molecule has 2 aromatic rings. The molecule has 2 fully saturated rings. The van der Waals surface area contributed by atoms with Gasteiger partial charge in [-0.3, -0.25) is 4.79 Å². The highest BCUT2D eigenvalue weighted by Gasteiger charge is 2.27. The van der Waals surface area contributed by atoms with Gasteiger partial charge in [-0.05, 0) is 49.3 Å². The third kappa shape index (κ3) is 4.92. The predicted molar refractivity (Wildman–Crippen MR) is 105 cm³/mol. The fraction of sp³-hybridized carbons (Fsp3) is 0.571. The lowest BCUT2D eigenvalue weighted by Gasteiger charge is -2.18. The summed E-state index contributed by atoms with van der Waals surface area (Å²) in [6.07, 6.45) is 5.16. The van der Waals surface area contributed by atoms with E-state index in [9.17, 15) is 4.79 Å². The minimum Gasteiger partial charge on any atom is -0.381 e. The van der Waals surface area contributed by atoms with E-state index in [4.69, 9.17) is 20.9 Å². The lowest BCUT2D eigenvalue weighted by molar-refractivity contribution is -0.129. The number of likely N-dealkylation sites (tertiary alicyclic amines) is 1. The van der Waals surface area contributed by atoms with E-state index in [1.54, 1.807) is 0 Å². The van der Waals surface area contributed by atoms with Crippen molar-refractivity contribution in [1.82, 2.24) is 15.0 Å². The minimum absolute atomic E-state index is 0.186. The molecule has 2 saturated heterocycles. The third-order valence-electron chi connectivity index (χ3n) is 5.74. The standard InChI is InChI=1S/C21H26ClN3O3/c22-18-4-1-15(2-5-18)13-20(26)25-10-7-16(14-25)3-6-19-23-21(28-24-19)17-8-11-27-12-9-17/h1-2,4-5,16-17H,3,6-14H2. The van der Waals surface area contributed by atoms with Crippen molar-refractivity contribution in [3.63, 3.8) is 0 Å². The van der Waals surface area contributed by atoms with Gasteiger partial charge in [0.1, 0.15) is 0 Å². The van der Waals surface area contributed by atoms with Gasteiger partial charge in [-0.15, -0.1) is 0 Å². The summed E-state index contributed by atoms with van der Waals surface area (Å²) in [4.78, 5) is 19.1. The molecule has 1 amide bonds. The van der Waals surface area contributed by atoms with Gasteiger partial charge in [-0.25, -0.2) is 0 Å². The molecular formula is C21H26ClN3O3. The molecule has 3 heterocycles. The zero-order chi connectivity index (χ0) is 19.3. The quantitative estimate of drug-likeness (QED) is 0.736. The molecule has 0 saturated carbocycles. The summed E-state index contributed by atoms with van der Waals surface area (Å²) in [6.45, 7) is 3.18. The Morgan fingerprint density at radius 3 is 2.75 bits per heavy atom. The average molecular weight is 404 g/mol. The van der Waals surface area contributed by atoms with Crippen LogP contribution in [0.4, 0.5) is 0 Å². The zero-order valence-electron chi connectivity index (χ0n) is 16.0. The number of amides is 1. The Morgan fingerprint density at radius 1 is 1.18 bits per heavy atom. The molecule has 1 aromatic heterocycles. The van der Waals surface area contributed by atoms with Crippen molar-refractivity contribution in [1.29, 1.82) is 0 Å². The first kappa shape index (κ1) is 19.4. The van der Waals surface area contributed by atoms with Crippen LogP contribution in [0.3, 0.4) is 0 Å². The molecule has 0 aliphatic carbocycles. The van der Waals surface area contributed by atoms with E-state index in [0.29, 0.717) is 23.3 Å². The normalized spacial score (nSPS) is 20.6. The highest BCUT2D eigenvalue weighted by molar-refractivity contribution is 6.30. The van der Waals surface area contributed by atoms with Crippen LogP contribution in [0.2, 0.25) is 5.02 Å². The molecule has 2 aliphatic heterocycles. The first-order valence-corrected chi connectivity index (χ1v) is 10.5. The van der Waals surface area contributed by atoms with Crippen LogP contribution in [0.5, 0.6) is 0 Å². The van der Waals surface area contributed by atoms with Crippen molar-refractivity contribution in [2.75, 3.05) is 26.3 Å². The molecule has 0 spiro atoms. The summed E-state index contributed by atoms with van der Waals surface area (Å²) in [5.41, 5.74) is 1.00. The van der Waals surface area contributed by atoms with E-state index >= 15 is 0 Å². The van der Waals surface area contributed by atoms with Gasteiger partial charge in [0.25, 0.3) is 0 Å². The third-order valence-corrected chi connectivity index (χ3v) is 5.99. The molecule has 28 heavy (non-hydrogen) atoms. The first-order chi connectivity index (χ1) is 13.7. The van der Waals surface area contributed by atoms with Crippen LogP contribution in [0.15, 0.2) is 28.8 Å². The van der Waals surface area contributed by atoms with Crippen LogP contribution >= 0.6 is 11.6 Å². The summed E-state index contributed by atoms with van der Waals surface area (Å²) in [7, 11) is 0. The Balaban J connectivity index is 1.23. The molecule has 2 aliphatic rings. The van der Waals surface area contributed by atoms with Gasteiger partial charge in [-0.2, -0.15) is 4.98 Å². The van der Waals surface area contributed by atoms with Crippen LogP contribution in [0.25, 0.3) is 0 Å². The zero-order valence-corrected chi connectivity index (χ0v) is 16.7. The van der Waals surface area contributed by atoms with E-state index < -0.39 is 0 Å². The van der Waals surface area contributed by atoms with Gasteiger partial charge in [0.2, 0.25) is 11.8 Å². The van der Waals surface area contributed by atoms with Crippen LogP contribution in [0, 0.1) is 5.92 Å². The van der Waals surface area contributed by atoms with Gasteiger partial charge in [0.15, 0.2) is 5.82 Å². The van der Waals surface area contributed by atoms with Crippen molar-refractivity contribution >= 4 is 17.5 Å². The molecule has 1 unspecified atom stereocenters.